The van der Waals surface area contributed by atoms with Crippen LogP contribution in [0.5, 0.6) is 0 Å². The van der Waals surface area contributed by atoms with Gasteiger partial charge in [-0.15, -0.1) is 0 Å². The molecule has 2 N–H and O–H groups in total. The number of piperidine rings is 1. The molecule has 3 heterocycles. The number of aromatic nitrogens is 1. The monoisotopic (exact) mass is 205 g/mol. The van der Waals surface area contributed by atoms with E-state index >= 15 is 0 Å². The third kappa shape index (κ3) is 1.29. The van der Waals surface area contributed by atoms with E-state index in [0.717, 1.165) is 6.54 Å². The molecule has 1 aromatic heterocycles. The van der Waals surface area contributed by atoms with Crippen LogP contribution in [0.3, 0.4) is 0 Å². The summed E-state index contributed by atoms with van der Waals surface area (Å²) in [4.78, 5) is 5.80. The van der Waals surface area contributed by atoms with Crippen LogP contribution in [0.25, 0.3) is 0 Å². The maximum atomic E-state index is 3.74. The third-order valence-corrected chi connectivity index (χ3v) is 3.98. The zero-order chi connectivity index (χ0) is 10.3. The van der Waals surface area contributed by atoms with Gasteiger partial charge in [0.05, 0.1) is 16.9 Å². The van der Waals surface area contributed by atoms with Crippen LogP contribution in [-0.2, 0) is 5.54 Å². The van der Waals surface area contributed by atoms with Crippen molar-refractivity contribution in [2.45, 2.75) is 31.2 Å². The summed E-state index contributed by atoms with van der Waals surface area (Å²) in [6, 6.07) is 2.20. The van der Waals surface area contributed by atoms with Crippen LogP contribution in [0, 0.1) is 0 Å². The molecule has 1 saturated heterocycles. The Hall–Kier alpha value is -0.960. The summed E-state index contributed by atoms with van der Waals surface area (Å²) in [7, 11) is 2.18. The minimum Gasteiger partial charge on any atom is -0.373 e. The standard InChI is InChI=1S/C12H19N3/c1-15-9-6-12(5-2-3-7-14-12)11-10(15)4-8-13-11/h4,8,13-14H,2-3,5-7,9H2,1H3. The molecule has 1 spiro atoms. The highest BCUT2D eigenvalue weighted by molar-refractivity contribution is 5.56. The predicted molar refractivity (Wildman–Crippen MR) is 62.2 cm³/mol. The maximum absolute atomic E-state index is 3.74. The summed E-state index contributed by atoms with van der Waals surface area (Å²) < 4.78 is 0. The van der Waals surface area contributed by atoms with Gasteiger partial charge in [0.15, 0.2) is 0 Å². The average molecular weight is 205 g/mol. The van der Waals surface area contributed by atoms with Gasteiger partial charge in [-0.3, -0.25) is 0 Å². The van der Waals surface area contributed by atoms with Crippen molar-refractivity contribution in [3.8, 4) is 0 Å². The quantitative estimate of drug-likeness (QED) is 0.677. The summed E-state index contributed by atoms with van der Waals surface area (Å²) in [6.45, 7) is 2.33. The first-order valence-electron chi connectivity index (χ1n) is 5.96. The van der Waals surface area contributed by atoms with Gasteiger partial charge in [0.25, 0.3) is 0 Å². The van der Waals surface area contributed by atoms with Crippen molar-refractivity contribution < 1.29 is 0 Å². The van der Waals surface area contributed by atoms with Gasteiger partial charge >= 0.3 is 0 Å². The zero-order valence-corrected chi connectivity index (χ0v) is 9.34. The second kappa shape index (κ2) is 3.27. The first kappa shape index (κ1) is 9.28. The van der Waals surface area contributed by atoms with Crippen LogP contribution in [0.15, 0.2) is 12.3 Å². The molecule has 0 bridgehead atoms. The van der Waals surface area contributed by atoms with Gasteiger partial charge in [0, 0.05) is 19.8 Å². The van der Waals surface area contributed by atoms with Crippen LogP contribution in [0.1, 0.15) is 31.4 Å². The first-order valence-corrected chi connectivity index (χ1v) is 5.96. The summed E-state index contributed by atoms with van der Waals surface area (Å²) in [5.41, 5.74) is 3.05. The smallest absolute Gasteiger partial charge is 0.0624 e. The molecule has 0 aromatic carbocycles. The van der Waals surface area contributed by atoms with Crippen molar-refractivity contribution in [1.82, 2.24) is 10.3 Å². The van der Waals surface area contributed by atoms with Crippen molar-refractivity contribution in [3.05, 3.63) is 18.0 Å². The Labute approximate surface area is 90.9 Å². The van der Waals surface area contributed by atoms with Gasteiger partial charge < -0.3 is 15.2 Å². The van der Waals surface area contributed by atoms with Crippen LogP contribution < -0.4 is 10.2 Å². The highest BCUT2D eigenvalue weighted by atomic mass is 15.2. The van der Waals surface area contributed by atoms with E-state index in [0.29, 0.717) is 0 Å². The van der Waals surface area contributed by atoms with Crippen molar-refractivity contribution in [3.63, 3.8) is 0 Å². The molecular formula is C12H19N3. The summed E-state index contributed by atoms with van der Waals surface area (Å²) in [5, 5.41) is 3.74. The molecule has 0 saturated carbocycles. The van der Waals surface area contributed by atoms with Gasteiger partial charge in [-0.1, -0.05) is 0 Å². The SMILES string of the molecule is CN1CCC2(CCCCN2)c2[nH]ccc21. The fraction of sp³-hybridized carbons (Fsp3) is 0.667. The fourth-order valence-corrected chi connectivity index (χ4v) is 3.06. The van der Waals surface area contributed by atoms with Gasteiger partial charge in [-0.2, -0.15) is 0 Å². The summed E-state index contributed by atoms with van der Waals surface area (Å²) in [6.07, 6.45) is 7.28. The van der Waals surface area contributed by atoms with E-state index in [1.54, 1.807) is 0 Å². The number of H-pyrrole nitrogens is 1. The second-order valence-electron chi connectivity index (χ2n) is 4.88. The largest absolute Gasteiger partial charge is 0.373 e. The lowest BCUT2D eigenvalue weighted by molar-refractivity contribution is 0.229. The molecule has 82 valence electrons. The molecule has 0 radical (unpaired) electrons. The maximum Gasteiger partial charge on any atom is 0.0624 e. The molecule has 1 unspecified atom stereocenters. The van der Waals surface area contributed by atoms with Gasteiger partial charge in [0.2, 0.25) is 0 Å². The molecule has 3 rings (SSSR count). The van der Waals surface area contributed by atoms with Crippen molar-refractivity contribution in [2.75, 3.05) is 25.0 Å². The van der Waals surface area contributed by atoms with Crippen molar-refractivity contribution >= 4 is 5.69 Å². The van der Waals surface area contributed by atoms with E-state index in [1.165, 1.54) is 43.6 Å². The van der Waals surface area contributed by atoms with Gasteiger partial charge in [0.1, 0.15) is 0 Å². The van der Waals surface area contributed by atoms with Crippen LogP contribution in [-0.4, -0.2) is 25.1 Å². The highest BCUT2D eigenvalue weighted by Gasteiger charge is 2.39. The average Bonchev–Trinajstić information content (AvgIpc) is 2.76. The number of rotatable bonds is 0. The highest BCUT2D eigenvalue weighted by Crippen LogP contribution is 2.41. The molecule has 2 aliphatic rings. The molecule has 1 atom stereocenters. The summed E-state index contributed by atoms with van der Waals surface area (Å²) in [5.74, 6) is 0. The van der Waals surface area contributed by atoms with Gasteiger partial charge in [-0.25, -0.2) is 0 Å². The first-order chi connectivity index (χ1) is 7.32. The summed E-state index contributed by atoms with van der Waals surface area (Å²) >= 11 is 0. The van der Waals surface area contributed by atoms with Crippen LogP contribution >= 0.6 is 0 Å². The number of anilines is 1. The lowest BCUT2D eigenvalue weighted by Crippen LogP contribution is -2.51. The lowest BCUT2D eigenvalue weighted by Gasteiger charge is -2.44. The fourth-order valence-electron chi connectivity index (χ4n) is 3.06. The number of aromatic amines is 1. The number of nitrogens with zero attached hydrogens (tertiary/aromatic N) is 1. The van der Waals surface area contributed by atoms with E-state index in [2.05, 4.69) is 34.5 Å². The number of nitrogens with one attached hydrogen (secondary N) is 2. The molecule has 1 fully saturated rings. The topological polar surface area (TPSA) is 31.1 Å². The van der Waals surface area contributed by atoms with Crippen molar-refractivity contribution in [2.24, 2.45) is 0 Å². The Morgan fingerprint density at radius 3 is 3.07 bits per heavy atom. The molecule has 3 heteroatoms. The predicted octanol–water partition coefficient (Wildman–Crippen LogP) is 1.82. The molecular weight excluding hydrogens is 186 g/mol. The molecule has 15 heavy (non-hydrogen) atoms. The van der Waals surface area contributed by atoms with Crippen molar-refractivity contribution in [1.29, 1.82) is 0 Å². The molecule has 0 amide bonds. The number of hydrogen-bond donors (Lipinski definition) is 2. The normalized spacial score (nSPS) is 30.6. The van der Waals surface area contributed by atoms with E-state index in [9.17, 15) is 0 Å². The van der Waals surface area contributed by atoms with Gasteiger partial charge in [-0.05, 0) is 38.3 Å². The van der Waals surface area contributed by atoms with E-state index in [-0.39, 0.29) is 5.54 Å². The third-order valence-electron chi connectivity index (χ3n) is 3.98. The second-order valence-corrected chi connectivity index (χ2v) is 4.88. The number of hydrogen-bond acceptors (Lipinski definition) is 2. The Morgan fingerprint density at radius 1 is 1.33 bits per heavy atom. The molecule has 1 aromatic rings. The van der Waals surface area contributed by atoms with Crippen LogP contribution in [0.4, 0.5) is 5.69 Å². The van der Waals surface area contributed by atoms with E-state index in [1.807, 2.05) is 0 Å². The number of fused-ring (bicyclic) bond motifs is 2. The zero-order valence-electron chi connectivity index (χ0n) is 9.34. The Morgan fingerprint density at radius 2 is 2.27 bits per heavy atom. The molecule has 3 nitrogen and oxygen atoms in total. The molecule has 2 aliphatic heterocycles. The Balaban J connectivity index is 2.02. The Bertz CT molecular complexity index is 350. The molecule has 0 aliphatic carbocycles. The Kier molecular flexibility index (Phi) is 2.02. The van der Waals surface area contributed by atoms with E-state index in [4.69, 9.17) is 0 Å². The minimum atomic E-state index is 0.254. The van der Waals surface area contributed by atoms with Crippen LogP contribution in [0.2, 0.25) is 0 Å². The lowest BCUT2D eigenvalue weighted by atomic mass is 9.80. The minimum absolute atomic E-state index is 0.254. The van der Waals surface area contributed by atoms with E-state index < -0.39 is 0 Å².